The van der Waals surface area contributed by atoms with E-state index in [0.29, 0.717) is 0 Å². The lowest BCUT2D eigenvalue weighted by Crippen LogP contribution is -2.46. The van der Waals surface area contributed by atoms with Crippen LogP contribution in [0.15, 0.2) is 0 Å². The molecule has 2 rings (SSSR count). The Bertz CT molecular complexity index is 242. The first-order valence-electron chi connectivity index (χ1n) is 8.62. The monoisotopic (exact) mass is 267 g/mol. The molecule has 2 heteroatoms. The van der Waals surface area contributed by atoms with Crippen molar-refractivity contribution < 1.29 is 4.74 Å². The molecule has 0 saturated heterocycles. The highest BCUT2D eigenvalue weighted by Crippen LogP contribution is 2.38. The molecule has 0 aromatic heterocycles. The van der Waals surface area contributed by atoms with Gasteiger partial charge in [-0.15, -0.1) is 0 Å². The van der Waals surface area contributed by atoms with Gasteiger partial charge in [0, 0.05) is 13.2 Å². The fourth-order valence-corrected chi connectivity index (χ4v) is 3.47. The SMILES string of the molecule is CCCC1CCC(CNCC)(OCCC2CC2)CC1. The van der Waals surface area contributed by atoms with Gasteiger partial charge in [0.15, 0.2) is 0 Å². The normalized spacial score (nSPS) is 31.6. The van der Waals surface area contributed by atoms with E-state index in [0.717, 1.165) is 31.5 Å². The van der Waals surface area contributed by atoms with Gasteiger partial charge in [-0.25, -0.2) is 0 Å². The highest BCUT2D eigenvalue weighted by atomic mass is 16.5. The van der Waals surface area contributed by atoms with Gasteiger partial charge in [0.25, 0.3) is 0 Å². The Hall–Kier alpha value is -0.0800. The fraction of sp³-hybridized carbons (Fsp3) is 1.00. The Morgan fingerprint density at radius 1 is 1.00 bits per heavy atom. The van der Waals surface area contributed by atoms with E-state index >= 15 is 0 Å². The number of likely N-dealkylation sites (N-methyl/N-ethyl adjacent to an activating group) is 1. The van der Waals surface area contributed by atoms with Crippen molar-refractivity contribution in [3.8, 4) is 0 Å². The predicted molar refractivity (Wildman–Crippen MR) is 81.4 cm³/mol. The van der Waals surface area contributed by atoms with Gasteiger partial charge in [0.1, 0.15) is 0 Å². The third-order valence-electron chi connectivity index (χ3n) is 5.04. The molecule has 0 radical (unpaired) electrons. The van der Waals surface area contributed by atoms with Crippen molar-refractivity contribution in [2.24, 2.45) is 11.8 Å². The van der Waals surface area contributed by atoms with Crippen LogP contribution < -0.4 is 5.32 Å². The molecule has 2 fully saturated rings. The van der Waals surface area contributed by atoms with Crippen LogP contribution in [0.25, 0.3) is 0 Å². The molecule has 2 nitrogen and oxygen atoms in total. The van der Waals surface area contributed by atoms with Crippen LogP contribution in [0, 0.1) is 11.8 Å². The smallest absolute Gasteiger partial charge is 0.0806 e. The minimum Gasteiger partial charge on any atom is -0.374 e. The third-order valence-corrected chi connectivity index (χ3v) is 5.04. The summed E-state index contributed by atoms with van der Waals surface area (Å²) in [7, 11) is 0. The molecule has 0 aromatic carbocycles. The lowest BCUT2D eigenvalue weighted by atomic mass is 9.77. The molecule has 0 spiro atoms. The predicted octanol–water partition coefficient (Wildman–Crippen LogP) is 4.14. The summed E-state index contributed by atoms with van der Waals surface area (Å²) in [5, 5.41) is 3.53. The van der Waals surface area contributed by atoms with Gasteiger partial charge in [0.05, 0.1) is 5.60 Å². The van der Waals surface area contributed by atoms with Crippen LogP contribution in [0.4, 0.5) is 0 Å². The van der Waals surface area contributed by atoms with E-state index in [4.69, 9.17) is 4.74 Å². The zero-order valence-corrected chi connectivity index (χ0v) is 13.0. The Morgan fingerprint density at radius 3 is 2.26 bits per heavy atom. The van der Waals surface area contributed by atoms with Crippen LogP contribution >= 0.6 is 0 Å². The van der Waals surface area contributed by atoms with Gasteiger partial charge in [-0.2, -0.15) is 0 Å². The average molecular weight is 267 g/mol. The molecule has 1 N–H and O–H groups in total. The number of hydrogen-bond acceptors (Lipinski definition) is 2. The molecule has 112 valence electrons. The van der Waals surface area contributed by atoms with Crippen molar-refractivity contribution >= 4 is 0 Å². The van der Waals surface area contributed by atoms with Crippen molar-refractivity contribution in [2.75, 3.05) is 19.7 Å². The third kappa shape index (κ3) is 5.07. The molecular formula is C17H33NO. The second-order valence-electron chi connectivity index (χ2n) is 6.78. The molecule has 2 aliphatic rings. The van der Waals surface area contributed by atoms with E-state index in [2.05, 4.69) is 19.2 Å². The molecule has 0 bridgehead atoms. The number of nitrogens with one attached hydrogen (secondary N) is 1. The first-order valence-corrected chi connectivity index (χ1v) is 8.62. The quantitative estimate of drug-likeness (QED) is 0.678. The van der Waals surface area contributed by atoms with Gasteiger partial charge in [-0.1, -0.05) is 39.5 Å². The summed E-state index contributed by atoms with van der Waals surface area (Å²) in [6.45, 7) is 7.63. The molecule has 0 atom stereocenters. The minimum absolute atomic E-state index is 0.162. The molecule has 0 amide bonds. The molecular weight excluding hydrogens is 234 g/mol. The second kappa shape index (κ2) is 7.64. The highest BCUT2D eigenvalue weighted by molar-refractivity contribution is 4.89. The summed E-state index contributed by atoms with van der Waals surface area (Å²) in [6.07, 6.45) is 12.2. The average Bonchev–Trinajstić information content (AvgIpc) is 3.24. The maximum absolute atomic E-state index is 6.39. The molecule has 2 aliphatic carbocycles. The first-order chi connectivity index (χ1) is 9.28. The van der Waals surface area contributed by atoms with Gasteiger partial charge in [-0.3, -0.25) is 0 Å². The zero-order valence-electron chi connectivity index (χ0n) is 13.0. The molecule has 0 aliphatic heterocycles. The Balaban J connectivity index is 1.76. The van der Waals surface area contributed by atoms with Crippen molar-refractivity contribution in [1.82, 2.24) is 5.32 Å². The van der Waals surface area contributed by atoms with E-state index in [-0.39, 0.29) is 5.60 Å². The molecule has 0 aromatic rings. The van der Waals surface area contributed by atoms with Gasteiger partial charge in [-0.05, 0) is 50.5 Å². The Morgan fingerprint density at radius 2 is 1.68 bits per heavy atom. The fourth-order valence-electron chi connectivity index (χ4n) is 3.47. The van der Waals surface area contributed by atoms with Gasteiger partial charge in [0.2, 0.25) is 0 Å². The lowest BCUT2D eigenvalue weighted by Gasteiger charge is -2.40. The zero-order chi connectivity index (χ0) is 13.6. The van der Waals surface area contributed by atoms with Crippen LogP contribution in [0.2, 0.25) is 0 Å². The first kappa shape index (κ1) is 15.3. The van der Waals surface area contributed by atoms with Crippen molar-refractivity contribution in [3.63, 3.8) is 0 Å². The van der Waals surface area contributed by atoms with E-state index in [1.807, 2.05) is 0 Å². The molecule has 0 unspecified atom stereocenters. The van der Waals surface area contributed by atoms with E-state index in [9.17, 15) is 0 Å². The lowest BCUT2D eigenvalue weighted by molar-refractivity contribution is -0.0784. The van der Waals surface area contributed by atoms with Crippen molar-refractivity contribution in [3.05, 3.63) is 0 Å². The van der Waals surface area contributed by atoms with Crippen LogP contribution in [0.1, 0.15) is 71.6 Å². The van der Waals surface area contributed by atoms with Crippen molar-refractivity contribution in [2.45, 2.75) is 77.2 Å². The Kier molecular flexibility index (Phi) is 6.15. The topological polar surface area (TPSA) is 21.3 Å². The van der Waals surface area contributed by atoms with E-state index in [1.165, 1.54) is 57.8 Å². The minimum atomic E-state index is 0.162. The van der Waals surface area contributed by atoms with Gasteiger partial charge >= 0.3 is 0 Å². The van der Waals surface area contributed by atoms with Crippen molar-refractivity contribution in [1.29, 1.82) is 0 Å². The maximum Gasteiger partial charge on any atom is 0.0806 e. The van der Waals surface area contributed by atoms with Crippen LogP contribution in [0.5, 0.6) is 0 Å². The van der Waals surface area contributed by atoms with Gasteiger partial charge < -0.3 is 10.1 Å². The summed E-state index contributed by atoms with van der Waals surface area (Å²) in [4.78, 5) is 0. The molecule has 2 saturated carbocycles. The summed E-state index contributed by atoms with van der Waals surface area (Å²) >= 11 is 0. The second-order valence-corrected chi connectivity index (χ2v) is 6.78. The summed E-state index contributed by atoms with van der Waals surface area (Å²) in [5.41, 5.74) is 0.162. The van der Waals surface area contributed by atoms with E-state index < -0.39 is 0 Å². The highest BCUT2D eigenvalue weighted by Gasteiger charge is 2.36. The largest absolute Gasteiger partial charge is 0.374 e. The van der Waals surface area contributed by atoms with Crippen LogP contribution in [-0.4, -0.2) is 25.3 Å². The van der Waals surface area contributed by atoms with Crippen LogP contribution in [-0.2, 0) is 4.74 Å². The standard InChI is InChI=1S/C17H33NO/c1-3-5-15-8-11-17(12-9-15,14-18-4-2)19-13-10-16-6-7-16/h15-16,18H,3-14H2,1-2H3. The number of ether oxygens (including phenoxy) is 1. The summed E-state index contributed by atoms with van der Waals surface area (Å²) < 4.78 is 6.39. The molecule has 0 heterocycles. The Labute approximate surface area is 119 Å². The number of hydrogen-bond donors (Lipinski definition) is 1. The molecule has 19 heavy (non-hydrogen) atoms. The number of rotatable bonds is 9. The van der Waals surface area contributed by atoms with E-state index in [1.54, 1.807) is 0 Å². The summed E-state index contributed by atoms with van der Waals surface area (Å²) in [5.74, 6) is 1.96. The maximum atomic E-state index is 6.39. The van der Waals surface area contributed by atoms with Crippen LogP contribution in [0.3, 0.4) is 0 Å². The summed E-state index contributed by atoms with van der Waals surface area (Å²) in [6, 6.07) is 0.